The third-order valence-electron chi connectivity index (χ3n) is 2.70. The van der Waals surface area contributed by atoms with Crippen LogP contribution in [-0.4, -0.2) is 26.2 Å². The molecule has 1 atom stereocenters. The Bertz CT molecular complexity index is 655. The van der Waals surface area contributed by atoms with E-state index in [2.05, 4.69) is 20.7 Å². The number of nitrogens with one attached hydrogen (secondary N) is 1. The van der Waals surface area contributed by atoms with E-state index in [1.54, 1.807) is 11.4 Å². The average Bonchev–Trinajstić information content (AvgIpc) is 2.86. The highest BCUT2D eigenvalue weighted by Crippen LogP contribution is 2.27. The van der Waals surface area contributed by atoms with E-state index < -0.39 is 16.1 Å². The van der Waals surface area contributed by atoms with Gasteiger partial charge in [0.05, 0.1) is 6.61 Å². The van der Waals surface area contributed by atoms with E-state index in [1.165, 1.54) is 0 Å². The molecule has 0 saturated carbocycles. The van der Waals surface area contributed by atoms with Crippen LogP contribution in [0.1, 0.15) is 5.56 Å². The Balaban J connectivity index is 2.12. The molecule has 2 N–H and O–H groups in total. The molecule has 0 radical (unpaired) electrons. The zero-order valence-electron chi connectivity index (χ0n) is 10.5. The van der Waals surface area contributed by atoms with Crippen molar-refractivity contribution in [2.24, 2.45) is 0 Å². The van der Waals surface area contributed by atoms with Gasteiger partial charge >= 0.3 is 0 Å². The molecule has 1 heterocycles. The Labute approximate surface area is 130 Å². The van der Waals surface area contributed by atoms with E-state index in [1.807, 2.05) is 30.3 Å². The van der Waals surface area contributed by atoms with Crippen LogP contribution in [0.3, 0.4) is 0 Å². The smallest absolute Gasteiger partial charge is 0.251 e. The summed E-state index contributed by atoms with van der Waals surface area (Å²) in [6.45, 7) is -0.253. The van der Waals surface area contributed by atoms with Gasteiger partial charge < -0.3 is 5.11 Å². The monoisotopic (exact) mass is 375 g/mol. The molecule has 0 aliphatic carbocycles. The molecular formula is C13H14BrNO3S2. The van der Waals surface area contributed by atoms with Crippen LogP contribution in [0.5, 0.6) is 0 Å². The normalized spacial score (nSPS) is 13.3. The fraction of sp³-hybridized carbons (Fsp3) is 0.231. The Hall–Kier alpha value is -0.730. The van der Waals surface area contributed by atoms with E-state index in [0.29, 0.717) is 10.9 Å². The molecule has 0 fully saturated rings. The first-order chi connectivity index (χ1) is 9.53. The number of halogens is 1. The largest absolute Gasteiger partial charge is 0.395 e. The lowest BCUT2D eigenvalue weighted by molar-refractivity contribution is 0.256. The molecule has 7 heteroatoms. The zero-order chi connectivity index (χ0) is 14.6. The second-order valence-electron chi connectivity index (χ2n) is 4.25. The van der Waals surface area contributed by atoms with E-state index in [0.717, 1.165) is 16.9 Å². The van der Waals surface area contributed by atoms with E-state index in [-0.39, 0.29) is 10.8 Å². The molecule has 0 aliphatic rings. The molecule has 0 saturated heterocycles. The fourth-order valence-corrected chi connectivity index (χ4v) is 5.37. The summed E-state index contributed by atoms with van der Waals surface area (Å²) in [5.74, 6) is 0. The van der Waals surface area contributed by atoms with E-state index >= 15 is 0 Å². The maximum absolute atomic E-state index is 12.2. The van der Waals surface area contributed by atoms with Crippen molar-refractivity contribution < 1.29 is 13.5 Å². The average molecular weight is 376 g/mol. The second kappa shape index (κ2) is 6.82. The minimum atomic E-state index is -3.62. The number of aliphatic hydroxyl groups is 1. The van der Waals surface area contributed by atoms with E-state index in [4.69, 9.17) is 0 Å². The lowest BCUT2D eigenvalue weighted by atomic mass is 10.1. The van der Waals surface area contributed by atoms with Crippen LogP contribution in [0.15, 0.2) is 50.5 Å². The second-order valence-corrected chi connectivity index (χ2v) is 7.93. The van der Waals surface area contributed by atoms with Crippen LogP contribution in [-0.2, 0) is 16.4 Å². The summed E-state index contributed by atoms with van der Waals surface area (Å²) < 4.78 is 27.8. The maximum Gasteiger partial charge on any atom is 0.251 e. The topological polar surface area (TPSA) is 66.4 Å². The lowest BCUT2D eigenvalue weighted by Gasteiger charge is -2.16. The van der Waals surface area contributed by atoms with Crippen LogP contribution >= 0.6 is 27.3 Å². The number of aliphatic hydroxyl groups excluding tert-OH is 1. The summed E-state index contributed by atoms with van der Waals surface area (Å²) in [4.78, 5) is 0. The van der Waals surface area contributed by atoms with Gasteiger partial charge in [-0.25, -0.2) is 13.1 Å². The maximum atomic E-state index is 12.2. The first-order valence-corrected chi connectivity index (χ1v) is 9.08. The van der Waals surface area contributed by atoms with Gasteiger partial charge in [-0.05, 0) is 39.4 Å². The molecule has 0 bridgehead atoms. The van der Waals surface area contributed by atoms with Gasteiger partial charge in [-0.2, -0.15) is 0 Å². The van der Waals surface area contributed by atoms with Gasteiger partial charge in [0, 0.05) is 10.5 Å². The number of benzene rings is 1. The number of thiophene rings is 1. The Morgan fingerprint density at radius 1 is 1.25 bits per heavy atom. The van der Waals surface area contributed by atoms with Crippen LogP contribution < -0.4 is 4.72 Å². The Morgan fingerprint density at radius 2 is 1.95 bits per heavy atom. The van der Waals surface area contributed by atoms with Gasteiger partial charge in [-0.15, -0.1) is 11.3 Å². The molecule has 0 aliphatic heterocycles. The summed E-state index contributed by atoms with van der Waals surface area (Å²) in [6, 6.07) is 10.6. The van der Waals surface area contributed by atoms with Crippen molar-refractivity contribution in [3.05, 3.63) is 51.8 Å². The van der Waals surface area contributed by atoms with Crippen molar-refractivity contribution in [1.82, 2.24) is 4.72 Å². The van der Waals surface area contributed by atoms with Crippen molar-refractivity contribution in [3.8, 4) is 0 Å². The molecule has 2 aromatic rings. The lowest BCUT2D eigenvalue weighted by Crippen LogP contribution is -2.38. The standard InChI is InChI=1S/C13H14BrNO3S2/c14-12-6-7-19-13(12)20(17,18)15-11(9-16)8-10-4-2-1-3-5-10/h1-7,11,15-16H,8-9H2/t11-/m1/s1. The van der Waals surface area contributed by atoms with Crippen molar-refractivity contribution in [2.75, 3.05) is 6.61 Å². The first-order valence-electron chi connectivity index (χ1n) is 5.93. The molecular weight excluding hydrogens is 362 g/mol. The number of sulfonamides is 1. The van der Waals surface area contributed by atoms with Crippen molar-refractivity contribution in [2.45, 2.75) is 16.7 Å². The van der Waals surface area contributed by atoms with Crippen LogP contribution in [0, 0.1) is 0 Å². The minimum absolute atomic E-state index is 0.226. The van der Waals surface area contributed by atoms with Gasteiger partial charge in [0.1, 0.15) is 4.21 Å². The molecule has 0 amide bonds. The van der Waals surface area contributed by atoms with Crippen molar-refractivity contribution in [3.63, 3.8) is 0 Å². The molecule has 0 spiro atoms. The summed E-state index contributed by atoms with van der Waals surface area (Å²) in [6.07, 6.45) is 0.444. The summed E-state index contributed by atoms with van der Waals surface area (Å²) in [7, 11) is -3.62. The molecule has 4 nitrogen and oxygen atoms in total. The SMILES string of the molecule is O=S(=O)(N[C@@H](CO)Cc1ccccc1)c1sccc1Br. The molecule has 20 heavy (non-hydrogen) atoms. The summed E-state index contributed by atoms with van der Waals surface area (Å²) >= 11 is 4.35. The Kier molecular flexibility index (Phi) is 5.34. The van der Waals surface area contributed by atoms with Gasteiger partial charge in [-0.3, -0.25) is 0 Å². The third kappa shape index (κ3) is 3.89. The van der Waals surface area contributed by atoms with Gasteiger partial charge in [-0.1, -0.05) is 30.3 Å². The predicted molar refractivity (Wildman–Crippen MR) is 83.4 cm³/mol. The highest BCUT2D eigenvalue weighted by Gasteiger charge is 2.23. The summed E-state index contributed by atoms with van der Waals surface area (Å²) in [5.41, 5.74) is 0.972. The molecule has 1 aromatic heterocycles. The third-order valence-corrected chi connectivity index (χ3v) is 6.89. The molecule has 2 rings (SSSR count). The Morgan fingerprint density at radius 3 is 2.50 bits per heavy atom. The van der Waals surface area contributed by atoms with Crippen LogP contribution in [0.25, 0.3) is 0 Å². The van der Waals surface area contributed by atoms with Crippen molar-refractivity contribution in [1.29, 1.82) is 0 Å². The van der Waals surface area contributed by atoms with Gasteiger partial charge in [0.25, 0.3) is 10.0 Å². The van der Waals surface area contributed by atoms with Crippen LogP contribution in [0.4, 0.5) is 0 Å². The minimum Gasteiger partial charge on any atom is -0.395 e. The molecule has 1 aromatic carbocycles. The van der Waals surface area contributed by atoms with E-state index in [9.17, 15) is 13.5 Å². The zero-order valence-corrected chi connectivity index (χ0v) is 13.7. The number of hydrogen-bond donors (Lipinski definition) is 2. The quantitative estimate of drug-likeness (QED) is 0.814. The van der Waals surface area contributed by atoms with Crippen molar-refractivity contribution >= 4 is 37.3 Å². The van der Waals surface area contributed by atoms with Gasteiger partial charge in [0.15, 0.2) is 0 Å². The predicted octanol–water partition coefficient (Wildman–Crippen LogP) is 2.39. The highest BCUT2D eigenvalue weighted by atomic mass is 79.9. The molecule has 0 unspecified atom stereocenters. The van der Waals surface area contributed by atoms with Crippen LogP contribution in [0.2, 0.25) is 0 Å². The fourth-order valence-electron chi connectivity index (χ4n) is 1.79. The van der Waals surface area contributed by atoms with Gasteiger partial charge in [0.2, 0.25) is 0 Å². The highest BCUT2D eigenvalue weighted by molar-refractivity contribution is 9.10. The number of rotatable bonds is 6. The number of hydrogen-bond acceptors (Lipinski definition) is 4. The molecule has 108 valence electrons. The summed E-state index contributed by atoms with van der Waals surface area (Å²) in [5, 5.41) is 11.1. The first kappa shape index (κ1) is 15.7.